The van der Waals surface area contributed by atoms with E-state index in [1.54, 1.807) is 10.9 Å². The summed E-state index contributed by atoms with van der Waals surface area (Å²) in [7, 11) is 1.88. The van der Waals surface area contributed by atoms with Gasteiger partial charge in [-0.3, -0.25) is 9.48 Å². The zero-order valence-corrected chi connectivity index (χ0v) is 14.7. The minimum Gasteiger partial charge on any atom is -0.370 e. The summed E-state index contributed by atoms with van der Waals surface area (Å²) in [5.41, 5.74) is 2.10. The molecule has 1 aliphatic rings. The van der Waals surface area contributed by atoms with E-state index in [9.17, 15) is 4.79 Å². The molecule has 0 radical (unpaired) electrons. The quantitative estimate of drug-likeness (QED) is 0.854. The van der Waals surface area contributed by atoms with Gasteiger partial charge in [-0.25, -0.2) is 0 Å². The predicted octanol–water partition coefficient (Wildman–Crippen LogP) is 2.85. The molecule has 2 aromatic rings. The first-order chi connectivity index (χ1) is 11.5. The molecule has 0 bridgehead atoms. The number of hydrogen-bond donors (Lipinski definition) is 0. The van der Waals surface area contributed by atoms with Gasteiger partial charge >= 0.3 is 0 Å². The van der Waals surface area contributed by atoms with Gasteiger partial charge in [0.05, 0.1) is 19.3 Å². The monoisotopic (exact) mass is 347 g/mol. The molecule has 0 N–H and O–H groups in total. The molecule has 128 valence electrons. The third-order valence-corrected chi connectivity index (χ3v) is 4.56. The highest BCUT2D eigenvalue weighted by Gasteiger charge is 2.28. The minimum absolute atomic E-state index is 0.0869. The number of morpholine rings is 1. The number of amides is 1. The van der Waals surface area contributed by atoms with Crippen molar-refractivity contribution in [3.63, 3.8) is 0 Å². The minimum atomic E-state index is -0.102. The largest absolute Gasteiger partial charge is 0.370 e. The van der Waals surface area contributed by atoms with Gasteiger partial charge < -0.3 is 9.64 Å². The summed E-state index contributed by atoms with van der Waals surface area (Å²) in [5.74, 6) is 0.0725. The Morgan fingerprint density at radius 3 is 3.04 bits per heavy atom. The Kier molecular flexibility index (Phi) is 5.21. The maximum absolute atomic E-state index is 12.8. The highest BCUT2D eigenvalue weighted by Crippen LogP contribution is 2.23. The summed E-state index contributed by atoms with van der Waals surface area (Å²) in [4.78, 5) is 14.7. The Morgan fingerprint density at radius 1 is 1.50 bits per heavy atom. The summed E-state index contributed by atoms with van der Waals surface area (Å²) in [5, 5.41) is 4.89. The van der Waals surface area contributed by atoms with Gasteiger partial charge in [-0.1, -0.05) is 30.7 Å². The molecule has 0 saturated carbocycles. The molecule has 1 aromatic carbocycles. The molecule has 0 unspecified atom stereocenters. The first-order valence-electron chi connectivity index (χ1n) is 8.16. The van der Waals surface area contributed by atoms with Crippen LogP contribution < -0.4 is 0 Å². The number of halogens is 1. The number of aromatic nitrogens is 2. The van der Waals surface area contributed by atoms with Gasteiger partial charge in [0.2, 0.25) is 5.91 Å². The van der Waals surface area contributed by atoms with E-state index in [-0.39, 0.29) is 17.9 Å². The van der Waals surface area contributed by atoms with Crippen molar-refractivity contribution in [2.75, 3.05) is 19.7 Å². The summed E-state index contributed by atoms with van der Waals surface area (Å²) < 4.78 is 7.56. The average Bonchev–Trinajstić information content (AvgIpc) is 3.01. The SMILES string of the molecule is C[C@@H](Cc1cccc(Cl)c1)C(=O)N1CCO[C@@H](c2cnn(C)c2)C1. The number of hydrogen-bond acceptors (Lipinski definition) is 3. The highest BCUT2D eigenvalue weighted by atomic mass is 35.5. The number of benzene rings is 1. The van der Waals surface area contributed by atoms with Crippen LogP contribution in [0.5, 0.6) is 0 Å². The fraction of sp³-hybridized carbons (Fsp3) is 0.444. The molecule has 5 nitrogen and oxygen atoms in total. The topological polar surface area (TPSA) is 47.4 Å². The first-order valence-corrected chi connectivity index (χ1v) is 8.54. The molecule has 0 aliphatic carbocycles. The van der Waals surface area contributed by atoms with Crippen LogP contribution in [0.25, 0.3) is 0 Å². The van der Waals surface area contributed by atoms with Crippen LogP contribution in [-0.2, 0) is 23.0 Å². The molecule has 1 amide bonds. The van der Waals surface area contributed by atoms with Gasteiger partial charge in [-0.05, 0) is 24.1 Å². The predicted molar refractivity (Wildman–Crippen MR) is 92.8 cm³/mol. The number of rotatable bonds is 4. The molecule has 2 heterocycles. The summed E-state index contributed by atoms with van der Waals surface area (Å²) in [6.45, 7) is 3.73. The van der Waals surface area contributed by atoms with E-state index in [2.05, 4.69) is 5.10 Å². The number of carbonyl (C=O) groups excluding carboxylic acids is 1. The lowest BCUT2D eigenvalue weighted by atomic mass is 9.99. The second-order valence-electron chi connectivity index (χ2n) is 6.33. The average molecular weight is 348 g/mol. The molecule has 6 heteroatoms. The molecule has 24 heavy (non-hydrogen) atoms. The smallest absolute Gasteiger partial charge is 0.225 e. The van der Waals surface area contributed by atoms with Crippen molar-refractivity contribution in [2.24, 2.45) is 13.0 Å². The van der Waals surface area contributed by atoms with E-state index < -0.39 is 0 Å². The summed E-state index contributed by atoms with van der Waals surface area (Å²) in [6.07, 6.45) is 4.32. The maximum Gasteiger partial charge on any atom is 0.225 e. The van der Waals surface area contributed by atoms with Crippen molar-refractivity contribution >= 4 is 17.5 Å². The van der Waals surface area contributed by atoms with Crippen LogP contribution in [0.4, 0.5) is 0 Å². The number of ether oxygens (including phenoxy) is 1. The fourth-order valence-electron chi connectivity index (χ4n) is 3.07. The van der Waals surface area contributed by atoms with Crippen LogP contribution in [0.1, 0.15) is 24.2 Å². The van der Waals surface area contributed by atoms with Gasteiger partial charge in [0.15, 0.2) is 0 Å². The Hall–Kier alpha value is -1.85. The molecular weight excluding hydrogens is 326 g/mol. The van der Waals surface area contributed by atoms with Crippen molar-refractivity contribution in [3.05, 3.63) is 52.8 Å². The van der Waals surface area contributed by atoms with Crippen molar-refractivity contribution in [2.45, 2.75) is 19.4 Å². The van der Waals surface area contributed by atoms with Gasteiger partial charge in [0.25, 0.3) is 0 Å². The van der Waals surface area contributed by atoms with Gasteiger partial charge in [-0.2, -0.15) is 5.10 Å². The Balaban J connectivity index is 1.63. The number of carbonyl (C=O) groups is 1. The van der Waals surface area contributed by atoms with Crippen LogP contribution in [0.2, 0.25) is 5.02 Å². The van der Waals surface area contributed by atoms with Crippen LogP contribution in [-0.4, -0.2) is 40.3 Å². The third-order valence-electron chi connectivity index (χ3n) is 4.33. The zero-order chi connectivity index (χ0) is 17.1. The molecule has 1 fully saturated rings. The van der Waals surface area contributed by atoms with E-state index in [0.717, 1.165) is 11.1 Å². The van der Waals surface area contributed by atoms with Crippen LogP contribution in [0.3, 0.4) is 0 Å². The van der Waals surface area contributed by atoms with E-state index in [1.807, 2.05) is 49.3 Å². The number of aryl methyl sites for hydroxylation is 1. The van der Waals surface area contributed by atoms with E-state index in [0.29, 0.717) is 31.1 Å². The van der Waals surface area contributed by atoms with Crippen molar-refractivity contribution in [1.82, 2.24) is 14.7 Å². The molecule has 2 atom stereocenters. The Bertz CT molecular complexity index is 716. The second-order valence-corrected chi connectivity index (χ2v) is 6.76. The van der Waals surface area contributed by atoms with Crippen LogP contribution in [0.15, 0.2) is 36.7 Å². The van der Waals surface area contributed by atoms with Crippen LogP contribution in [0, 0.1) is 5.92 Å². The van der Waals surface area contributed by atoms with Gasteiger partial charge in [0.1, 0.15) is 6.10 Å². The van der Waals surface area contributed by atoms with Crippen LogP contribution >= 0.6 is 11.6 Å². The molecule has 0 spiro atoms. The van der Waals surface area contributed by atoms with Gasteiger partial charge in [0, 0.05) is 36.3 Å². The van der Waals surface area contributed by atoms with E-state index in [4.69, 9.17) is 16.3 Å². The lowest BCUT2D eigenvalue weighted by Crippen LogP contribution is -2.44. The Morgan fingerprint density at radius 2 is 2.33 bits per heavy atom. The molecule has 3 rings (SSSR count). The summed E-state index contributed by atoms with van der Waals surface area (Å²) >= 11 is 6.03. The van der Waals surface area contributed by atoms with E-state index in [1.165, 1.54) is 0 Å². The van der Waals surface area contributed by atoms with E-state index >= 15 is 0 Å². The molecule has 1 aliphatic heterocycles. The fourth-order valence-corrected chi connectivity index (χ4v) is 3.29. The zero-order valence-electron chi connectivity index (χ0n) is 14.0. The van der Waals surface area contributed by atoms with Crippen molar-refractivity contribution in [1.29, 1.82) is 0 Å². The first kappa shape index (κ1) is 17.0. The highest BCUT2D eigenvalue weighted by molar-refractivity contribution is 6.30. The second kappa shape index (κ2) is 7.36. The normalized spacial score (nSPS) is 19.3. The Labute approximate surface area is 147 Å². The third kappa shape index (κ3) is 3.97. The molecular formula is C18H22ClN3O2. The molecule has 1 saturated heterocycles. The summed E-state index contributed by atoms with van der Waals surface area (Å²) in [6, 6.07) is 7.69. The van der Waals surface area contributed by atoms with Crippen molar-refractivity contribution < 1.29 is 9.53 Å². The standard InChI is InChI=1S/C18H22ClN3O2/c1-13(8-14-4-3-5-16(19)9-14)18(23)22-6-7-24-17(12-22)15-10-20-21(2)11-15/h3-5,9-11,13,17H,6-8,12H2,1-2H3/t13-,17+/m0/s1. The molecule has 1 aromatic heterocycles. The lowest BCUT2D eigenvalue weighted by molar-refractivity contribution is -0.142. The lowest BCUT2D eigenvalue weighted by Gasteiger charge is -2.34. The number of nitrogens with zero attached hydrogens (tertiary/aromatic N) is 3. The maximum atomic E-state index is 12.8. The van der Waals surface area contributed by atoms with Crippen molar-refractivity contribution in [3.8, 4) is 0 Å². The van der Waals surface area contributed by atoms with Gasteiger partial charge in [-0.15, -0.1) is 0 Å².